The van der Waals surface area contributed by atoms with E-state index in [0.717, 1.165) is 24.0 Å². The second-order valence-corrected chi connectivity index (χ2v) is 20.5. The molecule has 2 N–H and O–H groups in total. The van der Waals surface area contributed by atoms with Crippen molar-refractivity contribution in [3.63, 3.8) is 0 Å². The van der Waals surface area contributed by atoms with Gasteiger partial charge in [0.2, 0.25) is 5.79 Å². The lowest BCUT2D eigenvalue weighted by Crippen LogP contribution is -2.61. The van der Waals surface area contributed by atoms with Crippen molar-refractivity contribution >= 4 is 29.2 Å². The summed E-state index contributed by atoms with van der Waals surface area (Å²) in [6.07, 6.45) is 14.8. The Bertz CT molecular complexity index is 1810. The third-order valence-electron chi connectivity index (χ3n) is 15.3. The van der Waals surface area contributed by atoms with Crippen LogP contribution in [0.3, 0.4) is 0 Å². The van der Waals surface area contributed by atoms with Gasteiger partial charge < -0.3 is 43.5 Å². The number of Topliss-reactive ketones (excluding diaryl/α,β-unsaturated/α-hetero) is 3. The number of amides is 1. The lowest BCUT2D eigenvalue weighted by molar-refractivity contribution is -0.265. The Kier molecular flexibility index (Phi) is 23.0. The SMILES string of the molecule is CO[C@H]1C[C@@H]2CC[C@@H](C)[C@@](O)(O2)C(=O)C(=O)N2CCCC[C@H]2C(=O)OC([C@H](C)C[C@@H]2CC[C@@H](OCCO)[C@H](OC)C2)CC(=O)[C@H](C)/C=C(\C)[C@@H](C)[C@@H](OC)C(=O)[C@H](C)C[C@H](C)/C=C/C=CC=C1C. The monoisotopic (exact) mass is 956 g/mol. The van der Waals surface area contributed by atoms with Crippen molar-refractivity contribution in [2.45, 2.75) is 181 Å². The van der Waals surface area contributed by atoms with E-state index >= 15 is 0 Å². The van der Waals surface area contributed by atoms with Gasteiger partial charge in [-0.1, -0.05) is 83.6 Å². The zero-order valence-electron chi connectivity index (χ0n) is 43.0. The Hall–Kier alpha value is -3.37. The van der Waals surface area contributed by atoms with E-state index in [4.69, 9.17) is 28.4 Å². The van der Waals surface area contributed by atoms with E-state index in [1.807, 2.05) is 65.0 Å². The maximum atomic E-state index is 14.5. The highest BCUT2D eigenvalue weighted by Gasteiger charge is 2.53. The van der Waals surface area contributed by atoms with Crippen LogP contribution in [-0.4, -0.2) is 134 Å². The zero-order chi connectivity index (χ0) is 50.3. The second-order valence-electron chi connectivity index (χ2n) is 20.5. The number of fused-ring (bicyclic) bond motifs is 3. The Morgan fingerprint density at radius 1 is 0.838 bits per heavy atom. The largest absolute Gasteiger partial charge is 0.460 e. The number of aliphatic hydroxyl groups is 2. The van der Waals surface area contributed by atoms with E-state index < -0.39 is 65.7 Å². The Balaban J connectivity index is 1.70. The molecule has 0 radical (unpaired) electrons. The van der Waals surface area contributed by atoms with Gasteiger partial charge in [0.25, 0.3) is 11.7 Å². The molecular weight excluding hydrogens is 871 g/mol. The van der Waals surface area contributed by atoms with E-state index in [1.54, 1.807) is 28.1 Å². The number of esters is 1. The lowest BCUT2D eigenvalue weighted by atomic mass is 9.78. The van der Waals surface area contributed by atoms with E-state index in [2.05, 4.69) is 13.0 Å². The van der Waals surface area contributed by atoms with Crippen LogP contribution in [0.4, 0.5) is 0 Å². The highest BCUT2D eigenvalue weighted by atomic mass is 16.6. The third-order valence-corrected chi connectivity index (χ3v) is 15.3. The Morgan fingerprint density at radius 3 is 2.25 bits per heavy atom. The number of piperidine rings is 1. The molecule has 3 fully saturated rings. The van der Waals surface area contributed by atoms with Crippen molar-refractivity contribution in [3.05, 3.63) is 47.6 Å². The normalized spacial score (nSPS) is 37.9. The number of methoxy groups -OCH3 is 3. The minimum absolute atomic E-state index is 0.00654. The predicted molar refractivity (Wildman–Crippen MR) is 259 cm³/mol. The van der Waals surface area contributed by atoms with Gasteiger partial charge >= 0.3 is 5.97 Å². The van der Waals surface area contributed by atoms with Crippen LogP contribution in [0.2, 0.25) is 0 Å². The number of hydrogen-bond donors (Lipinski definition) is 2. The Morgan fingerprint density at radius 2 is 1.57 bits per heavy atom. The molecular formula is C54H85NO13. The van der Waals surface area contributed by atoms with Crippen molar-refractivity contribution in [1.29, 1.82) is 0 Å². The van der Waals surface area contributed by atoms with Gasteiger partial charge in [0.15, 0.2) is 5.78 Å². The van der Waals surface area contributed by atoms with Gasteiger partial charge in [-0.3, -0.25) is 19.2 Å². The molecule has 68 heavy (non-hydrogen) atoms. The fourth-order valence-electron chi connectivity index (χ4n) is 10.7. The molecule has 3 heterocycles. The van der Waals surface area contributed by atoms with Crippen LogP contribution >= 0.6 is 0 Å². The number of carbonyl (C=O) groups is 5. The number of cyclic esters (lactones) is 1. The summed E-state index contributed by atoms with van der Waals surface area (Å²) >= 11 is 0. The molecule has 2 bridgehead atoms. The summed E-state index contributed by atoms with van der Waals surface area (Å²) in [6, 6.07) is -1.11. The summed E-state index contributed by atoms with van der Waals surface area (Å²) in [7, 11) is 4.78. The van der Waals surface area contributed by atoms with Crippen LogP contribution in [-0.2, 0) is 52.4 Å². The van der Waals surface area contributed by atoms with Gasteiger partial charge in [0, 0.05) is 64.4 Å². The molecule has 1 amide bonds. The molecule has 0 aromatic carbocycles. The molecule has 4 rings (SSSR count). The number of ketones is 3. The van der Waals surface area contributed by atoms with Crippen molar-refractivity contribution in [1.82, 2.24) is 4.90 Å². The minimum atomic E-state index is -2.42. The van der Waals surface area contributed by atoms with Crippen LogP contribution in [0.15, 0.2) is 47.6 Å². The van der Waals surface area contributed by atoms with Gasteiger partial charge in [-0.05, 0) is 101 Å². The van der Waals surface area contributed by atoms with Crippen molar-refractivity contribution in [2.75, 3.05) is 41.1 Å². The van der Waals surface area contributed by atoms with Crippen molar-refractivity contribution in [3.8, 4) is 0 Å². The molecule has 14 heteroatoms. The van der Waals surface area contributed by atoms with Gasteiger partial charge in [0.05, 0.1) is 37.6 Å². The predicted octanol–water partition coefficient (Wildman–Crippen LogP) is 7.47. The topological polar surface area (TPSA) is 184 Å². The van der Waals surface area contributed by atoms with Gasteiger partial charge in [-0.15, -0.1) is 0 Å². The smallest absolute Gasteiger partial charge is 0.329 e. The molecule has 1 aliphatic carbocycles. The third kappa shape index (κ3) is 15.3. The summed E-state index contributed by atoms with van der Waals surface area (Å²) in [5.74, 6) is -7.32. The van der Waals surface area contributed by atoms with Crippen molar-refractivity contribution < 1.29 is 62.6 Å². The van der Waals surface area contributed by atoms with Gasteiger partial charge in [-0.25, -0.2) is 4.79 Å². The van der Waals surface area contributed by atoms with E-state index in [9.17, 15) is 34.2 Å². The molecule has 14 nitrogen and oxygen atoms in total. The molecule has 4 aliphatic rings. The molecule has 0 spiro atoms. The zero-order valence-corrected chi connectivity index (χ0v) is 43.0. The molecule has 384 valence electrons. The first-order valence-corrected chi connectivity index (χ1v) is 25.3. The minimum Gasteiger partial charge on any atom is -0.460 e. The van der Waals surface area contributed by atoms with E-state index in [0.29, 0.717) is 51.4 Å². The molecule has 0 aromatic heterocycles. The van der Waals surface area contributed by atoms with Crippen LogP contribution in [0, 0.1) is 41.4 Å². The summed E-state index contributed by atoms with van der Waals surface area (Å²) < 4.78 is 35.9. The average molecular weight is 956 g/mol. The average Bonchev–Trinajstić information content (AvgIpc) is 3.32. The van der Waals surface area contributed by atoms with E-state index in [-0.39, 0.29) is 86.0 Å². The standard InChI is InChI=1S/C54H85NO13/c1-33-17-13-12-14-18-34(2)46(63-9)31-42-22-20-39(7)54(62,68-42)51(59)52(60)55-24-16-15-19-43(55)53(61)67-47(37(5)29-41-21-23-45(66-26-25-56)48(30-41)64-10)32-44(57)36(4)28-35(3)40(8)50(65-11)49(58)38(6)27-33/h12-14,17-18,28,33,36-43,45-48,50,56,62H,15-16,19-27,29-32H2,1-11H3/b14-12?,17-13+,34-18?,35-28+/t33-,36-,37-,38-,39-,40-,41+,42+,43+,45-,46+,47?,48-,50-,54-/m1/s1. The van der Waals surface area contributed by atoms with Crippen molar-refractivity contribution in [2.24, 2.45) is 41.4 Å². The highest BCUT2D eigenvalue weighted by molar-refractivity contribution is 6.39. The maximum Gasteiger partial charge on any atom is 0.329 e. The molecule has 1 unspecified atom stereocenters. The number of carbonyl (C=O) groups excluding carboxylic acids is 5. The van der Waals surface area contributed by atoms with Crippen LogP contribution < -0.4 is 0 Å². The van der Waals surface area contributed by atoms with Crippen LogP contribution in [0.1, 0.15) is 132 Å². The fourth-order valence-corrected chi connectivity index (χ4v) is 10.7. The second kappa shape index (κ2) is 27.3. The number of allylic oxidation sites excluding steroid dienone is 6. The van der Waals surface area contributed by atoms with Gasteiger partial charge in [0.1, 0.15) is 24.0 Å². The van der Waals surface area contributed by atoms with E-state index in [1.165, 1.54) is 12.0 Å². The maximum absolute atomic E-state index is 14.5. The molecule has 0 aromatic rings. The number of nitrogens with zero attached hydrogens (tertiary/aromatic N) is 1. The lowest BCUT2D eigenvalue weighted by Gasteiger charge is -2.42. The summed E-state index contributed by atoms with van der Waals surface area (Å²) in [4.78, 5) is 72.5. The first-order chi connectivity index (χ1) is 32.3. The fraction of sp³-hybridized carbons (Fsp3) is 0.759. The summed E-state index contributed by atoms with van der Waals surface area (Å²) in [6.45, 7) is 15.5. The molecule has 2 saturated heterocycles. The number of aliphatic hydroxyl groups excluding tert-OH is 1. The molecule has 1 saturated carbocycles. The molecule has 3 aliphatic heterocycles. The molecule has 15 atom stereocenters. The van der Waals surface area contributed by atoms with Crippen LogP contribution in [0.25, 0.3) is 0 Å². The summed E-state index contributed by atoms with van der Waals surface area (Å²) in [5.41, 5.74) is 1.73. The number of rotatable bonds is 9. The first kappa shape index (κ1) is 57.2. The van der Waals surface area contributed by atoms with Crippen LogP contribution in [0.5, 0.6) is 0 Å². The summed E-state index contributed by atoms with van der Waals surface area (Å²) in [5, 5.41) is 21.3. The van der Waals surface area contributed by atoms with Gasteiger partial charge in [-0.2, -0.15) is 0 Å². The number of ether oxygens (including phenoxy) is 6. The Labute approximate surface area is 406 Å². The quantitative estimate of drug-likeness (QED) is 0.132. The highest BCUT2D eigenvalue weighted by Crippen LogP contribution is 2.38. The number of hydrogen-bond acceptors (Lipinski definition) is 13. The first-order valence-electron chi connectivity index (χ1n) is 25.3.